The number of aliphatic carboxylic acids is 1. The molecule has 0 spiro atoms. The maximum atomic E-state index is 11.8. The van der Waals surface area contributed by atoms with Crippen LogP contribution in [-0.2, 0) is 4.79 Å². The van der Waals surface area contributed by atoms with Crippen molar-refractivity contribution < 1.29 is 33.3 Å². The van der Waals surface area contributed by atoms with Crippen LogP contribution >= 0.6 is 11.8 Å². The topological polar surface area (TPSA) is 113 Å². The summed E-state index contributed by atoms with van der Waals surface area (Å²) in [5, 5.41) is 17.7. The molecule has 0 fully saturated rings. The van der Waals surface area contributed by atoms with Crippen LogP contribution in [0.4, 0.5) is 0 Å². The normalized spacial score (nSPS) is 11.2. The van der Waals surface area contributed by atoms with Gasteiger partial charge in [0.05, 0.1) is 27.9 Å². The first-order valence-electron chi connectivity index (χ1n) is 9.48. The molecule has 1 N–H and O–H groups in total. The summed E-state index contributed by atoms with van der Waals surface area (Å²) in [6.07, 6.45) is 1.49. The van der Waals surface area contributed by atoms with E-state index in [1.165, 1.54) is 27.4 Å². The third kappa shape index (κ3) is 5.52. The molecule has 9 nitrogen and oxygen atoms in total. The zero-order valence-corrected chi connectivity index (χ0v) is 18.8. The lowest BCUT2D eigenvalue weighted by Crippen LogP contribution is -1.98. The Morgan fingerprint density at radius 2 is 1.75 bits per heavy atom. The number of hydrogen-bond donors (Lipinski definition) is 1. The van der Waals surface area contributed by atoms with Crippen LogP contribution in [0.5, 0.6) is 23.0 Å². The van der Waals surface area contributed by atoms with Gasteiger partial charge >= 0.3 is 5.97 Å². The first kappa shape index (κ1) is 23.0. The first-order valence-corrected chi connectivity index (χ1v) is 10.3. The summed E-state index contributed by atoms with van der Waals surface area (Å²) in [5.74, 6) is 1.27. The Bertz CT molecular complexity index is 1100. The van der Waals surface area contributed by atoms with Gasteiger partial charge in [-0.15, -0.1) is 10.2 Å². The summed E-state index contributed by atoms with van der Waals surface area (Å²) in [5.41, 5.74) is 1.20. The number of methoxy groups -OCH3 is 3. The largest absolute Gasteiger partial charge is 0.497 e. The molecule has 0 aliphatic heterocycles. The SMILES string of the molecule is CCOc1ccc(/C=C(\Sc2nnc(-c3cc(OC)cc(OC)c3)o2)C(=O)O)cc1OC. The van der Waals surface area contributed by atoms with Crippen molar-refractivity contribution in [3.8, 4) is 34.5 Å². The Balaban J connectivity index is 1.87. The van der Waals surface area contributed by atoms with Crippen LogP contribution in [0.1, 0.15) is 12.5 Å². The van der Waals surface area contributed by atoms with Gasteiger partial charge in [-0.3, -0.25) is 0 Å². The first-order chi connectivity index (χ1) is 15.5. The highest BCUT2D eigenvalue weighted by molar-refractivity contribution is 8.03. The summed E-state index contributed by atoms with van der Waals surface area (Å²) in [7, 11) is 4.59. The highest BCUT2D eigenvalue weighted by atomic mass is 32.2. The zero-order valence-electron chi connectivity index (χ0n) is 17.9. The van der Waals surface area contributed by atoms with Crippen molar-refractivity contribution in [2.75, 3.05) is 27.9 Å². The minimum absolute atomic E-state index is 0.00497. The number of thioether (sulfide) groups is 1. The number of benzene rings is 2. The Kier molecular flexibility index (Phi) is 7.61. The number of aromatic nitrogens is 2. The third-order valence-corrected chi connectivity index (χ3v) is 5.05. The molecule has 32 heavy (non-hydrogen) atoms. The van der Waals surface area contributed by atoms with Gasteiger partial charge in [0.1, 0.15) is 16.4 Å². The van der Waals surface area contributed by atoms with E-state index in [1.54, 1.807) is 36.4 Å². The maximum absolute atomic E-state index is 11.8. The second-order valence-corrected chi connectivity index (χ2v) is 7.23. The van der Waals surface area contributed by atoms with E-state index in [0.29, 0.717) is 40.7 Å². The molecule has 3 rings (SSSR count). The van der Waals surface area contributed by atoms with E-state index in [9.17, 15) is 9.90 Å². The highest BCUT2D eigenvalue weighted by Gasteiger charge is 2.17. The second kappa shape index (κ2) is 10.6. The molecule has 0 radical (unpaired) electrons. The van der Waals surface area contributed by atoms with E-state index in [4.69, 9.17) is 23.4 Å². The summed E-state index contributed by atoms with van der Waals surface area (Å²) < 4.78 is 27.0. The molecule has 0 unspecified atom stereocenters. The van der Waals surface area contributed by atoms with Crippen molar-refractivity contribution in [3.05, 3.63) is 46.9 Å². The van der Waals surface area contributed by atoms with Gasteiger partial charge in [-0.05, 0) is 54.6 Å². The fourth-order valence-electron chi connectivity index (χ4n) is 2.73. The van der Waals surface area contributed by atoms with Gasteiger partial charge in [-0.1, -0.05) is 6.07 Å². The maximum Gasteiger partial charge on any atom is 0.342 e. The quantitative estimate of drug-likeness (QED) is 0.347. The number of rotatable bonds is 10. The van der Waals surface area contributed by atoms with Crippen LogP contribution in [0.25, 0.3) is 17.5 Å². The molecule has 0 amide bonds. The summed E-state index contributed by atoms with van der Waals surface area (Å²) >= 11 is 0.842. The highest BCUT2D eigenvalue weighted by Crippen LogP contribution is 2.34. The smallest absolute Gasteiger partial charge is 0.342 e. The molecule has 10 heteroatoms. The van der Waals surface area contributed by atoms with Gasteiger partial charge in [0.25, 0.3) is 5.22 Å². The monoisotopic (exact) mass is 458 g/mol. The Morgan fingerprint density at radius 3 is 2.34 bits per heavy atom. The Morgan fingerprint density at radius 1 is 1.03 bits per heavy atom. The summed E-state index contributed by atoms with van der Waals surface area (Å²) in [6, 6.07) is 10.3. The lowest BCUT2D eigenvalue weighted by Gasteiger charge is -2.09. The van der Waals surface area contributed by atoms with Crippen molar-refractivity contribution in [3.63, 3.8) is 0 Å². The van der Waals surface area contributed by atoms with Crippen molar-refractivity contribution in [1.29, 1.82) is 0 Å². The molecule has 2 aromatic carbocycles. The average Bonchev–Trinajstić information content (AvgIpc) is 3.27. The van der Waals surface area contributed by atoms with Gasteiger partial charge in [0.2, 0.25) is 5.89 Å². The third-order valence-electron chi connectivity index (χ3n) is 4.20. The fourth-order valence-corrected chi connectivity index (χ4v) is 3.40. The molecular formula is C22H22N2O7S. The van der Waals surface area contributed by atoms with E-state index >= 15 is 0 Å². The lowest BCUT2D eigenvalue weighted by atomic mass is 10.2. The van der Waals surface area contributed by atoms with Crippen LogP contribution in [0.2, 0.25) is 0 Å². The van der Waals surface area contributed by atoms with E-state index in [1.807, 2.05) is 6.92 Å². The molecule has 1 aromatic heterocycles. The number of carboxylic acids is 1. The van der Waals surface area contributed by atoms with E-state index in [-0.39, 0.29) is 16.0 Å². The van der Waals surface area contributed by atoms with E-state index in [0.717, 1.165) is 11.8 Å². The van der Waals surface area contributed by atoms with Crippen LogP contribution in [0.15, 0.2) is 50.9 Å². The molecular weight excluding hydrogens is 436 g/mol. The minimum atomic E-state index is -1.13. The average molecular weight is 458 g/mol. The lowest BCUT2D eigenvalue weighted by molar-refractivity contribution is -0.131. The molecule has 3 aromatic rings. The molecule has 1 heterocycles. The molecule has 0 saturated heterocycles. The molecule has 0 aliphatic carbocycles. The summed E-state index contributed by atoms with van der Waals surface area (Å²) in [4.78, 5) is 11.8. The van der Waals surface area contributed by atoms with Crippen molar-refractivity contribution in [2.24, 2.45) is 0 Å². The Labute approximate surface area is 189 Å². The Hall–Kier alpha value is -3.66. The van der Waals surface area contributed by atoms with Crippen molar-refractivity contribution >= 4 is 23.8 Å². The molecule has 0 aliphatic rings. The minimum Gasteiger partial charge on any atom is -0.497 e. The second-order valence-electron chi connectivity index (χ2n) is 6.23. The summed E-state index contributed by atoms with van der Waals surface area (Å²) in [6.45, 7) is 2.35. The molecule has 0 saturated carbocycles. The van der Waals surface area contributed by atoms with Gasteiger partial charge in [-0.2, -0.15) is 0 Å². The van der Waals surface area contributed by atoms with E-state index in [2.05, 4.69) is 10.2 Å². The zero-order chi connectivity index (χ0) is 23.1. The van der Waals surface area contributed by atoms with Crippen LogP contribution in [0.3, 0.4) is 0 Å². The number of hydrogen-bond acceptors (Lipinski definition) is 9. The molecule has 0 bridgehead atoms. The van der Waals surface area contributed by atoms with Gasteiger partial charge in [0.15, 0.2) is 11.5 Å². The van der Waals surface area contributed by atoms with E-state index < -0.39 is 5.97 Å². The number of carboxylic acid groups (broad SMARTS) is 1. The fraction of sp³-hybridized carbons (Fsp3) is 0.227. The van der Waals surface area contributed by atoms with Gasteiger partial charge < -0.3 is 28.5 Å². The molecule has 0 atom stereocenters. The number of ether oxygens (including phenoxy) is 4. The van der Waals surface area contributed by atoms with Crippen molar-refractivity contribution in [1.82, 2.24) is 10.2 Å². The standard InChI is InChI=1S/C22H22N2O7S/c1-5-30-17-7-6-13(8-18(17)29-4)9-19(21(25)26)32-22-24-23-20(31-22)14-10-15(27-2)12-16(11-14)28-3/h6-12H,5H2,1-4H3,(H,25,26)/b19-9-. The van der Waals surface area contributed by atoms with Crippen LogP contribution in [-0.4, -0.2) is 49.2 Å². The van der Waals surface area contributed by atoms with Crippen LogP contribution in [0, 0.1) is 0 Å². The number of nitrogens with zero attached hydrogens (tertiary/aromatic N) is 2. The number of carbonyl (C=O) groups is 1. The van der Waals surface area contributed by atoms with Gasteiger partial charge in [0, 0.05) is 11.6 Å². The predicted octanol–water partition coefficient (Wildman–Crippen LogP) is 4.38. The predicted molar refractivity (Wildman–Crippen MR) is 118 cm³/mol. The van der Waals surface area contributed by atoms with Crippen molar-refractivity contribution in [2.45, 2.75) is 12.1 Å². The van der Waals surface area contributed by atoms with Crippen LogP contribution < -0.4 is 18.9 Å². The van der Waals surface area contributed by atoms with Gasteiger partial charge in [-0.25, -0.2) is 4.79 Å². The molecule has 168 valence electrons.